The fourth-order valence-corrected chi connectivity index (χ4v) is 3.97. The molecule has 0 saturated heterocycles. The van der Waals surface area contributed by atoms with Crippen LogP contribution in [0.5, 0.6) is 0 Å². The highest BCUT2D eigenvalue weighted by Gasteiger charge is 2.05. The topological polar surface area (TPSA) is 0 Å². The molecule has 3 heterocycles. The molecule has 0 N–H and O–H groups in total. The van der Waals surface area contributed by atoms with Crippen molar-refractivity contribution in [2.24, 2.45) is 0 Å². The van der Waals surface area contributed by atoms with Gasteiger partial charge in [0, 0.05) is 24.9 Å². The third-order valence-corrected chi connectivity index (χ3v) is 5.23. The Labute approximate surface area is 100 Å². The first kappa shape index (κ1) is 9.33. The smallest absolute Gasteiger partial charge is 0.0449 e. The van der Waals surface area contributed by atoms with E-state index in [2.05, 4.69) is 41.1 Å². The van der Waals surface area contributed by atoms with Crippen LogP contribution in [-0.2, 0) is 0 Å². The molecule has 0 aliphatic heterocycles. The second kappa shape index (κ2) is 3.93. The molecular weight excluding hydrogens is 240 g/mol. The summed E-state index contributed by atoms with van der Waals surface area (Å²) in [6, 6.07) is 12.8. The van der Waals surface area contributed by atoms with E-state index >= 15 is 0 Å². The third kappa shape index (κ3) is 1.78. The van der Waals surface area contributed by atoms with Crippen LogP contribution in [0.3, 0.4) is 0 Å². The van der Waals surface area contributed by atoms with Gasteiger partial charge >= 0.3 is 0 Å². The molecule has 0 aliphatic rings. The third-order valence-electron chi connectivity index (χ3n) is 2.08. The largest absolute Gasteiger partial charge is 0.143 e. The summed E-state index contributed by atoms with van der Waals surface area (Å²) in [4.78, 5) is 5.35. The van der Waals surface area contributed by atoms with Crippen LogP contribution in [0.1, 0.15) is 0 Å². The van der Waals surface area contributed by atoms with E-state index in [4.69, 9.17) is 0 Å². The zero-order chi connectivity index (χ0) is 10.1. The highest BCUT2D eigenvalue weighted by Crippen LogP contribution is 2.37. The van der Waals surface area contributed by atoms with Crippen molar-refractivity contribution in [3.8, 4) is 19.5 Å². The fraction of sp³-hybridized carbons (Fsp3) is 0. The summed E-state index contributed by atoms with van der Waals surface area (Å²) >= 11 is 5.32. The first-order chi connectivity index (χ1) is 7.43. The molecule has 0 nitrogen and oxygen atoms in total. The molecule has 3 rings (SSSR count). The van der Waals surface area contributed by atoms with Crippen molar-refractivity contribution in [1.82, 2.24) is 0 Å². The summed E-state index contributed by atoms with van der Waals surface area (Å²) in [6.07, 6.45) is 0. The maximum atomic E-state index is 3.12. The molecule has 15 heavy (non-hydrogen) atoms. The van der Waals surface area contributed by atoms with Crippen LogP contribution in [0.15, 0.2) is 41.8 Å². The van der Waals surface area contributed by atoms with Gasteiger partial charge in [-0.05, 0) is 35.7 Å². The van der Waals surface area contributed by atoms with Gasteiger partial charge in [-0.25, -0.2) is 0 Å². The molecule has 3 heteroatoms. The summed E-state index contributed by atoms with van der Waals surface area (Å²) in [5.74, 6) is 0. The van der Waals surface area contributed by atoms with E-state index in [0.29, 0.717) is 0 Å². The van der Waals surface area contributed by atoms with E-state index in [0.717, 1.165) is 0 Å². The molecule has 0 bridgehead atoms. The lowest BCUT2D eigenvalue weighted by Crippen LogP contribution is -1.57. The van der Waals surface area contributed by atoms with Crippen molar-refractivity contribution in [2.45, 2.75) is 0 Å². The Balaban J connectivity index is 2.02. The molecule has 0 atom stereocenters. The predicted octanol–water partition coefficient (Wildman–Crippen LogP) is 5.01. The van der Waals surface area contributed by atoms with Crippen LogP contribution in [0, 0.1) is 5.38 Å². The minimum Gasteiger partial charge on any atom is -0.143 e. The lowest BCUT2D eigenvalue weighted by atomic mass is 10.3. The molecule has 0 saturated carbocycles. The van der Waals surface area contributed by atoms with Gasteiger partial charge in [-0.2, -0.15) is 0 Å². The molecular formula is C12H7S3. The monoisotopic (exact) mass is 247 g/mol. The van der Waals surface area contributed by atoms with E-state index in [9.17, 15) is 0 Å². The molecule has 3 aromatic heterocycles. The van der Waals surface area contributed by atoms with E-state index in [1.54, 1.807) is 22.7 Å². The van der Waals surface area contributed by atoms with Crippen molar-refractivity contribution in [1.29, 1.82) is 0 Å². The zero-order valence-electron chi connectivity index (χ0n) is 7.77. The molecule has 73 valence electrons. The minimum atomic E-state index is 1.31. The van der Waals surface area contributed by atoms with Crippen molar-refractivity contribution in [3.63, 3.8) is 0 Å². The van der Waals surface area contributed by atoms with E-state index in [-0.39, 0.29) is 0 Å². The van der Waals surface area contributed by atoms with Gasteiger partial charge in [-0.1, -0.05) is 6.07 Å². The number of hydrogen-bond acceptors (Lipinski definition) is 3. The Hall–Kier alpha value is -0.900. The molecule has 0 aliphatic carbocycles. The van der Waals surface area contributed by atoms with Crippen LogP contribution in [-0.4, -0.2) is 0 Å². The number of rotatable bonds is 2. The summed E-state index contributed by atoms with van der Waals surface area (Å²) < 4.78 is 0. The minimum absolute atomic E-state index is 1.31. The molecule has 0 spiro atoms. The van der Waals surface area contributed by atoms with Crippen LogP contribution in [0.4, 0.5) is 0 Å². The second-order valence-corrected chi connectivity index (χ2v) is 5.97. The van der Waals surface area contributed by atoms with Crippen molar-refractivity contribution in [2.75, 3.05) is 0 Å². The maximum absolute atomic E-state index is 3.12. The van der Waals surface area contributed by atoms with Gasteiger partial charge in [-0.15, -0.1) is 34.0 Å². The van der Waals surface area contributed by atoms with Gasteiger partial charge in [0.2, 0.25) is 0 Å². The van der Waals surface area contributed by atoms with Gasteiger partial charge in [0.25, 0.3) is 0 Å². The Bertz CT molecular complexity index is 480. The van der Waals surface area contributed by atoms with Crippen LogP contribution in [0.25, 0.3) is 19.5 Å². The maximum Gasteiger partial charge on any atom is 0.0449 e. The molecule has 3 aromatic rings. The van der Waals surface area contributed by atoms with Crippen molar-refractivity contribution >= 4 is 34.0 Å². The standard InChI is InChI=1S/C12H7S3/c1-3-9(13-7-1)11-5-6-12(15-11)10-4-2-8-14-10/h1-7H. The summed E-state index contributed by atoms with van der Waals surface area (Å²) in [5, 5.41) is 5.24. The Kier molecular flexibility index (Phi) is 2.44. The van der Waals surface area contributed by atoms with Gasteiger partial charge in [0.05, 0.1) is 0 Å². The van der Waals surface area contributed by atoms with Crippen LogP contribution in [0.2, 0.25) is 0 Å². The van der Waals surface area contributed by atoms with Crippen molar-refractivity contribution < 1.29 is 0 Å². The predicted molar refractivity (Wildman–Crippen MR) is 69.8 cm³/mol. The highest BCUT2D eigenvalue weighted by molar-refractivity contribution is 7.25. The van der Waals surface area contributed by atoms with Crippen LogP contribution >= 0.6 is 34.0 Å². The first-order valence-electron chi connectivity index (χ1n) is 4.53. The highest BCUT2D eigenvalue weighted by atomic mass is 32.1. The molecule has 0 aromatic carbocycles. The van der Waals surface area contributed by atoms with Crippen LogP contribution < -0.4 is 0 Å². The SMILES string of the molecule is [c]1ccc(-c2ccc(-c3cccs3)s2)s1. The quantitative estimate of drug-likeness (QED) is 0.597. The first-order valence-corrected chi connectivity index (χ1v) is 7.05. The Morgan fingerprint density at radius 1 is 0.867 bits per heavy atom. The van der Waals surface area contributed by atoms with E-state index in [1.165, 1.54) is 19.5 Å². The number of thiophene rings is 3. The second-order valence-electron chi connectivity index (χ2n) is 3.06. The van der Waals surface area contributed by atoms with E-state index < -0.39 is 0 Å². The van der Waals surface area contributed by atoms with E-state index in [1.807, 2.05) is 17.4 Å². The average Bonchev–Trinajstić information content (AvgIpc) is 3.02. The fourth-order valence-electron chi connectivity index (χ4n) is 1.40. The van der Waals surface area contributed by atoms with Gasteiger partial charge in [0.1, 0.15) is 0 Å². The molecule has 0 amide bonds. The molecule has 0 unspecified atom stereocenters. The van der Waals surface area contributed by atoms with Gasteiger partial charge in [0.15, 0.2) is 0 Å². The normalized spacial score (nSPS) is 10.7. The Morgan fingerprint density at radius 2 is 1.73 bits per heavy atom. The molecule has 1 radical (unpaired) electrons. The molecule has 0 fully saturated rings. The summed E-state index contributed by atoms with van der Waals surface area (Å²) in [5.41, 5.74) is 0. The van der Waals surface area contributed by atoms with Gasteiger partial charge in [-0.3, -0.25) is 0 Å². The van der Waals surface area contributed by atoms with Gasteiger partial charge < -0.3 is 0 Å². The Morgan fingerprint density at radius 3 is 2.40 bits per heavy atom. The number of hydrogen-bond donors (Lipinski definition) is 0. The summed E-state index contributed by atoms with van der Waals surface area (Å²) in [6.45, 7) is 0. The average molecular weight is 247 g/mol. The lowest BCUT2D eigenvalue weighted by molar-refractivity contribution is 1.91. The lowest BCUT2D eigenvalue weighted by Gasteiger charge is -1.89. The zero-order valence-corrected chi connectivity index (χ0v) is 10.2. The summed E-state index contributed by atoms with van der Waals surface area (Å²) in [7, 11) is 0. The van der Waals surface area contributed by atoms with Crippen molar-refractivity contribution in [3.05, 3.63) is 47.2 Å².